The number of ether oxygens (including phenoxy) is 1. The first-order chi connectivity index (χ1) is 15.8. The van der Waals surface area contributed by atoms with Gasteiger partial charge in [-0.1, -0.05) is 37.2 Å². The highest BCUT2D eigenvalue weighted by atomic mass is 32.2. The van der Waals surface area contributed by atoms with E-state index in [1.807, 2.05) is 6.92 Å². The summed E-state index contributed by atoms with van der Waals surface area (Å²) in [6.45, 7) is 2.56. The van der Waals surface area contributed by atoms with Crippen molar-refractivity contribution in [3.05, 3.63) is 56.2 Å². The number of thioether (sulfide) groups is 1. The van der Waals surface area contributed by atoms with Crippen molar-refractivity contribution in [3.63, 3.8) is 0 Å². The molecule has 0 aliphatic carbocycles. The van der Waals surface area contributed by atoms with E-state index in [0.29, 0.717) is 17.9 Å². The van der Waals surface area contributed by atoms with Gasteiger partial charge in [0.25, 0.3) is 5.56 Å². The van der Waals surface area contributed by atoms with Crippen molar-refractivity contribution in [2.24, 2.45) is 4.99 Å². The van der Waals surface area contributed by atoms with Crippen molar-refractivity contribution in [1.82, 2.24) is 20.6 Å². The molecule has 33 heavy (non-hydrogen) atoms. The zero-order valence-electron chi connectivity index (χ0n) is 18.1. The Hall–Kier alpha value is -3.54. The van der Waals surface area contributed by atoms with Gasteiger partial charge in [-0.25, -0.2) is 9.79 Å². The summed E-state index contributed by atoms with van der Waals surface area (Å²) < 4.78 is 5.15. The molecule has 176 valence electrons. The number of nitrogens with zero attached hydrogens (tertiary/aromatic N) is 1. The summed E-state index contributed by atoms with van der Waals surface area (Å²) in [7, 11) is 1.51. The number of H-pyrrole nitrogens is 2. The smallest absolute Gasteiger partial charge is 0.328 e. The SMILES string of the molecule is CCCCNC(=O)C[C@@H]1SC(=N[C@@H](c2ccc(OC)cc2)c2c(O)[nH]c(=O)[nH]c2=O)NC1=O. The predicted octanol–water partition coefficient (Wildman–Crippen LogP) is 0.761. The van der Waals surface area contributed by atoms with Crippen LogP contribution in [0.5, 0.6) is 11.6 Å². The van der Waals surface area contributed by atoms with E-state index in [1.165, 1.54) is 7.11 Å². The highest BCUT2D eigenvalue weighted by Gasteiger charge is 2.33. The Morgan fingerprint density at radius 3 is 2.61 bits per heavy atom. The zero-order valence-corrected chi connectivity index (χ0v) is 19.0. The quantitative estimate of drug-likeness (QED) is 0.334. The molecule has 0 spiro atoms. The van der Waals surface area contributed by atoms with Crippen LogP contribution in [-0.2, 0) is 9.59 Å². The zero-order chi connectivity index (χ0) is 24.0. The van der Waals surface area contributed by atoms with Crippen LogP contribution in [0, 0.1) is 0 Å². The number of carbonyl (C=O) groups is 2. The first-order valence-electron chi connectivity index (χ1n) is 10.3. The molecule has 1 saturated heterocycles. The Kier molecular flexibility index (Phi) is 7.93. The lowest BCUT2D eigenvalue weighted by molar-refractivity contribution is -0.125. The van der Waals surface area contributed by atoms with Crippen molar-refractivity contribution in [1.29, 1.82) is 0 Å². The lowest BCUT2D eigenvalue weighted by Gasteiger charge is -2.15. The molecule has 2 atom stereocenters. The van der Waals surface area contributed by atoms with Crippen LogP contribution >= 0.6 is 11.8 Å². The van der Waals surface area contributed by atoms with Crippen LogP contribution < -0.4 is 26.6 Å². The Labute approximate surface area is 193 Å². The number of aromatic nitrogens is 2. The maximum atomic E-state index is 12.5. The molecule has 1 aromatic heterocycles. The Morgan fingerprint density at radius 1 is 1.24 bits per heavy atom. The van der Waals surface area contributed by atoms with Gasteiger partial charge in [0.15, 0.2) is 5.17 Å². The lowest BCUT2D eigenvalue weighted by Crippen LogP contribution is -2.31. The molecule has 1 aliphatic heterocycles. The van der Waals surface area contributed by atoms with Crippen LogP contribution in [0.4, 0.5) is 0 Å². The third kappa shape index (κ3) is 6.04. The predicted molar refractivity (Wildman–Crippen MR) is 124 cm³/mol. The molecule has 11 nitrogen and oxygen atoms in total. The number of carbonyl (C=O) groups excluding carboxylic acids is 2. The third-order valence-electron chi connectivity index (χ3n) is 4.91. The van der Waals surface area contributed by atoms with Gasteiger partial charge in [-0.3, -0.25) is 24.4 Å². The van der Waals surface area contributed by atoms with Crippen molar-refractivity contribution < 1.29 is 19.4 Å². The van der Waals surface area contributed by atoms with E-state index >= 15 is 0 Å². The molecule has 12 heteroatoms. The van der Waals surface area contributed by atoms with Crippen molar-refractivity contribution in [3.8, 4) is 11.6 Å². The van der Waals surface area contributed by atoms with Gasteiger partial charge in [-0.2, -0.15) is 0 Å². The second-order valence-electron chi connectivity index (χ2n) is 7.28. The van der Waals surface area contributed by atoms with Crippen LogP contribution in [0.1, 0.15) is 43.4 Å². The summed E-state index contributed by atoms with van der Waals surface area (Å²) in [5, 5.41) is 15.2. The minimum atomic E-state index is -1.04. The number of unbranched alkanes of at least 4 members (excludes halogenated alkanes) is 1. The second-order valence-corrected chi connectivity index (χ2v) is 8.48. The average molecular weight is 476 g/mol. The monoisotopic (exact) mass is 475 g/mol. The molecule has 1 aliphatic rings. The molecule has 2 amide bonds. The van der Waals surface area contributed by atoms with Gasteiger partial charge >= 0.3 is 5.69 Å². The van der Waals surface area contributed by atoms with Gasteiger partial charge in [0.1, 0.15) is 22.6 Å². The van der Waals surface area contributed by atoms with Crippen molar-refractivity contribution in [2.75, 3.05) is 13.7 Å². The number of hydrogen-bond acceptors (Lipinski definition) is 8. The van der Waals surface area contributed by atoms with E-state index in [-0.39, 0.29) is 29.0 Å². The first kappa shape index (κ1) is 24.1. The fourth-order valence-electron chi connectivity index (χ4n) is 3.19. The highest BCUT2D eigenvalue weighted by molar-refractivity contribution is 8.15. The standard InChI is InChI=1S/C21H25N5O6S/c1-3-4-9-22-14(27)10-13-17(28)26-21(33-13)23-16(11-5-7-12(32-2)8-6-11)15-18(29)24-20(31)25-19(15)30/h5-8,13,16H,3-4,9-10H2,1-2H3,(H,22,27)(H,23,26,28)(H3,24,25,29,30,31)/t13-,16-/m0/s1. The van der Waals surface area contributed by atoms with Gasteiger partial charge in [0.05, 0.1) is 7.11 Å². The highest BCUT2D eigenvalue weighted by Crippen LogP contribution is 2.32. The Bertz CT molecular complexity index is 1160. The molecule has 0 unspecified atom stereocenters. The Balaban J connectivity index is 1.90. The molecule has 1 aromatic carbocycles. The molecule has 0 radical (unpaired) electrons. The minimum absolute atomic E-state index is 0.0169. The average Bonchev–Trinajstić information content (AvgIpc) is 3.11. The summed E-state index contributed by atoms with van der Waals surface area (Å²) in [5.74, 6) is -0.672. The number of hydrogen-bond donors (Lipinski definition) is 5. The molecule has 2 heterocycles. The second kappa shape index (κ2) is 10.9. The maximum Gasteiger partial charge on any atom is 0.328 e. The molecule has 3 rings (SSSR count). The molecular weight excluding hydrogens is 450 g/mol. The number of methoxy groups -OCH3 is 1. The third-order valence-corrected chi connectivity index (χ3v) is 6.01. The Morgan fingerprint density at radius 2 is 1.97 bits per heavy atom. The van der Waals surface area contributed by atoms with E-state index in [9.17, 15) is 24.3 Å². The fraction of sp³-hybridized carbons (Fsp3) is 0.381. The normalized spacial score (nSPS) is 17.6. The lowest BCUT2D eigenvalue weighted by atomic mass is 10.0. The number of amides is 2. The van der Waals surface area contributed by atoms with E-state index in [1.54, 1.807) is 24.3 Å². The van der Waals surface area contributed by atoms with Gasteiger partial charge in [0, 0.05) is 13.0 Å². The number of aromatic hydroxyl groups is 1. The van der Waals surface area contributed by atoms with Crippen LogP contribution in [0.3, 0.4) is 0 Å². The van der Waals surface area contributed by atoms with Crippen LogP contribution in [0.15, 0.2) is 38.8 Å². The molecule has 2 aromatic rings. The number of benzene rings is 1. The van der Waals surface area contributed by atoms with Gasteiger partial charge < -0.3 is 20.5 Å². The molecule has 1 fully saturated rings. The molecule has 5 N–H and O–H groups in total. The first-order valence-corrected chi connectivity index (χ1v) is 11.2. The number of nitrogens with one attached hydrogen (secondary N) is 4. The van der Waals surface area contributed by atoms with Crippen molar-refractivity contribution >= 4 is 28.7 Å². The summed E-state index contributed by atoms with van der Waals surface area (Å²) in [5.41, 5.74) is -1.36. The van der Waals surface area contributed by atoms with Crippen LogP contribution in [-0.4, -0.2) is 51.0 Å². The molecular formula is C21H25N5O6S. The van der Waals surface area contributed by atoms with Crippen LogP contribution in [0.25, 0.3) is 0 Å². The van der Waals surface area contributed by atoms with Gasteiger partial charge in [-0.05, 0) is 24.1 Å². The summed E-state index contributed by atoms with van der Waals surface area (Å²) in [6.07, 6.45) is 1.78. The fourth-order valence-corrected chi connectivity index (χ4v) is 4.19. The van der Waals surface area contributed by atoms with E-state index < -0.39 is 28.4 Å². The molecule has 0 bridgehead atoms. The minimum Gasteiger partial charge on any atom is -0.497 e. The van der Waals surface area contributed by atoms with E-state index in [4.69, 9.17) is 4.74 Å². The topological polar surface area (TPSA) is 166 Å². The maximum absolute atomic E-state index is 12.5. The number of aromatic amines is 2. The van der Waals surface area contributed by atoms with Gasteiger partial charge in [0.2, 0.25) is 17.7 Å². The largest absolute Gasteiger partial charge is 0.497 e. The van der Waals surface area contributed by atoms with Gasteiger partial charge in [-0.15, -0.1) is 0 Å². The van der Waals surface area contributed by atoms with Crippen molar-refractivity contribution in [2.45, 2.75) is 37.5 Å². The molecule has 0 saturated carbocycles. The van der Waals surface area contributed by atoms with E-state index in [2.05, 4.69) is 25.6 Å². The number of rotatable bonds is 9. The van der Waals surface area contributed by atoms with E-state index in [0.717, 1.165) is 24.6 Å². The summed E-state index contributed by atoms with van der Waals surface area (Å²) in [4.78, 5) is 57.2. The summed E-state index contributed by atoms with van der Waals surface area (Å²) in [6, 6.07) is 5.57. The van der Waals surface area contributed by atoms with Crippen LogP contribution in [0.2, 0.25) is 0 Å². The number of aliphatic imine (C=N–C) groups is 1. The summed E-state index contributed by atoms with van der Waals surface area (Å²) >= 11 is 1.06. The number of amidine groups is 1.